The van der Waals surface area contributed by atoms with Gasteiger partial charge < -0.3 is 29.6 Å². The van der Waals surface area contributed by atoms with Gasteiger partial charge in [-0.2, -0.15) is 0 Å². The maximum Gasteiger partial charge on any atom is 0.331 e. The molecule has 2 amide bonds. The lowest BCUT2D eigenvalue weighted by atomic mass is 10.2. The summed E-state index contributed by atoms with van der Waals surface area (Å²) in [6.07, 6.45) is 1.69. The lowest BCUT2D eigenvalue weighted by molar-refractivity contribution is -0.122. The number of hydrogen-bond donors (Lipinski definition) is 2. The Hall–Kier alpha value is -4.32. The predicted octanol–water partition coefficient (Wildman–Crippen LogP) is 1.51. The van der Waals surface area contributed by atoms with Crippen molar-refractivity contribution in [1.29, 1.82) is 0 Å². The molecule has 1 atom stereocenters. The summed E-state index contributed by atoms with van der Waals surface area (Å²) in [7, 11) is 4.34. The Morgan fingerprint density at radius 3 is 2.38 bits per heavy atom. The molecule has 3 aromatic rings. The van der Waals surface area contributed by atoms with Crippen LogP contribution in [-0.4, -0.2) is 61.5 Å². The van der Waals surface area contributed by atoms with Crippen LogP contribution in [0.1, 0.15) is 19.3 Å². The zero-order valence-corrected chi connectivity index (χ0v) is 22.2. The first kappa shape index (κ1) is 27.7. The van der Waals surface area contributed by atoms with E-state index in [9.17, 15) is 19.2 Å². The topological polar surface area (TPSA) is 139 Å². The Labute approximate surface area is 224 Å². The summed E-state index contributed by atoms with van der Waals surface area (Å²) in [5.74, 6) is 0.191. The first-order valence-electron chi connectivity index (χ1n) is 12.6. The van der Waals surface area contributed by atoms with Gasteiger partial charge >= 0.3 is 5.69 Å². The summed E-state index contributed by atoms with van der Waals surface area (Å²) in [5, 5.41) is 5.66. The Kier molecular flexibility index (Phi) is 8.87. The van der Waals surface area contributed by atoms with Gasteiger partial charge in [-0.15, -0.1) is 0 Å². The quantitative estimate of drug-likeness (QED) is 0.373. The number of benzene rings is 2. The minimum absolute atomic E-state index is 0.0289. The molecule has 1 aliphatic heterocycles. The fourth-order valence-corrected chi connectivity index (χ4v) is 4.51. The number of amides is 2. The van der Waals surface area contributed by atoms with Gasteiger partial charge in [-0.3, -0.25) is 23.5 Å². The highest BCUT2D eigenvalue weighted by molar-refractivity contribution is 5.93. The third-order valence-corrected chi connectivity index (χ3v) is 6.53. The van der Waals surface area contributed by atoms with Crippen LogP contribution in [0.4, 0.5) is 5.69 Å². The second kappa shape index (κ2) is 12.5. The highest BCUT2D eigenvalue weighted by atomic mass is 16.5. The molecule has 0 saturated carbocycles. The fraction of sp³-hybridized carbons (Fsp3) is 0.407. The van der Waals surface area contributed by atoms with Gasteiger partial charge in [0.1, 0.15) is 12.3 Å². The van der Waals surface area contributed by atoms with Crippen LogP contribution in [0.25, 0.3) is 10.9 Å². The van der Waals surface area contributed by atoms with Crippen LogP contribution in [0.3, 0.4) is 0 Å². The third kappa shape index (κ3) is 6.23. The lowest BCUT2D eigenvalue weighted by Crippen LogP contribution is -2.43. The minimum atomic E-state index is -0.734. The number of para-hydroxylation sites is 2. The number of methoxy groups -OCH3 is 3. The van der Waals surface area contributed by atoms with Gasteiger partial charge in [0.05, 0.1) is 44.0 Å². The average Bonchev–Trinajstić information content (AvgIpc) is 3.47. The number of nitrogens with zero attached hydrogens (tertiary/aromatic N) is 2. The van der Waals surface area contributed by atoms with Crippen molar-refractivity contribution in [3.8, 4) is 17.2 Å². The van der Waals surface area contributed by atoms with Crippen molar-refractivity contribution in [2.45, 2.75) is 38.5 Å². The molecule has 2 aromatic carbocycles. The molecule has 0 unspecified atom stereocenters. The van der Waals surface area contributed by atoms with Crippen LogP contribution in [0.15, 0.2) is 46.0 Å². The van der Waals surface area contributed by atoms with Gasteiger partial charge in [0.15, 0.2) is 11.5 Å². The van der Waals surface area contributed by atoms with E-state index < -0.39 is 23.7 Å². The van der Waals surface area contributed by atoms with Crippen molar-refractivity contribution >= 4 is 28.4 Å². The first-order valence-corrected chi connectivity index (χ1v) is 12.6. The van der Waals surface area contributed by atoms with Gasteiger partial charge in [-0.1, -0.05) is 12.1 Å². The molecule has 0 bridgehead atoms. The Bertz CT molecular complexity index is 1470. The molecule has 39 heavy (non-hydrogen) atoms. The number of ether oxygens (including phenoxy) is 4. The lowest BCUT2D eigenvalue weighted by Gasteiger charge is -2.17. The predicted molar refractivity (Wildman–Crippen MR) is 144 cm³/mol. The average molecular weight is 541 g/mol. The molecule has 12 nitrogen and oxygen atoms in total. The molecule has 0 aliphatic carbocycles. The van der Waals surface area contributed by atoms with E-state index in [4.69, 9.17) is 18.9 Å². The van der Waals surface area contributed by atoms with E-state index in [1.807, 2.05) is 0 Å². The number of carbonyl (C=O) groups excluding carboxylic acids is 2. The van der Waals surface area contributed by atoms with Crippen molar-refractivity contribution in [3.05, 3.63) is 57.2 Å². The van der Waals surface area contributed by atoms with Crippen LogP contribution >= 0.6 is 0 Å². The van der Waals surface area contributed by atoms with Crippen LogP contribution in [0, 0.1) is 0 Å². The van der Waals surface area contributed by atoms with Gasteiger partial charge in [0.2, 0.25) is 11.8 Å². The number of rotatable bonds is 11. The summed E-state index contributed by atoms with van der Waals surface area (Å²) in [5.41, 5.74) is -0.721. The number of carbonyl (C=O) groups is 2. The summed E-state index contributed by atoms with van der Waals surface area (Å²) in [6.45, 7) is 0.461. The van der Waals surface area contributed by atoms with Gasteiger partial charge in [-0.05, 0) is 31.0 Å². The second-order valence-electron chi connectivity index (χ2n) is 8.99. The van der Waals surface area contributed by atoms with E-state index in [1.54, 1.807) is 24.3 Å². The van der Waals surface area contributed by atoms with E-state index in [2.05, 4.69) is 10.6 Å². The summed E-state index contributed by atoms with van der Waals surface area (Å²) < 4.78 is 23.6. The van der Waals surface area contributed by atoms with Gasteiger partial charge in [-0.25, -0.2) is 4.79 Å². The van der Waals surface area contributed by atoms with E-state index in [0.717, 1.165) is 17.4 Å². The smallest absolute Gasteiger partial charge is 0.331 e. The molecule has 1 aromatic heterocycles. The highest BCUT2D eigenvalue weighted by Crippen LogP contribution is 2.30. The van der Waals surface area contributed by atoms with Gasteiger partial charge in [0.25, 0.3) is 5.56 Å². The summed E-state index contributed by atoms with van der Waals surface area (Å²) in [6, 6.07) is 9.80. The summed E-state index contributed by atoms with van der Waals surface area (Å²) in [4.78, 5) is 52.5. The number of fused-ring (bicyclic) bond motifs is 1. The van der Waals surface area contributed by atoms with Crippen molar-refractivity contribution in [2.24, 2.45) is 0 Å². The van der Waals surface area contributed by atoms with Crippen molar-refractivity contribution in [3.63, 3.8) is 0 Å². The normalized spacial score (nSPS) is 14.7. The molecule has 12 heteroatoms. The van der Waals surface area contributed by atoms with E-state index in [-0.39, 0.29) is 47.4 Å². The first-order chi connectivity index (χ1) is 18.9. The number of anilines is 1. The van der Waals surface area contributed by atoms with Crippen molar-refractivity contribution in [1.82, 2.24) is 14.5 Å². The molecule has 1 fully saturated rings. The maximum atomic E-state index is 13.5. The Morgan fingerprint density at radius 2 is 1.69 bits per heavy atom. The van der Waals surface area contributed by atoms with E-state index >= 15 is 0 Å². The standard InChI is InChI=1S/C27H32N4O8/c1-36-21-9-5-4-8-19(21)29-25(33)16-31-20-14-23(38-3)22(37-2)13-18(20)26(34)30(27(31)35)11-10-24(32)28-15-17-7-6-12-39-17/h4-5,8-9,13-14,17H,6-7,10-12,15-16H2,1-3H3,(H,28,32)(H,29,33)/t17-/m1/s1. The molecular weight excluding hydrogens is 508 g/mol. The van der Waals surface area contributed by atoms with Crippen LogP contribution in [0.5, 0.6) is 17.2 Å². The van der Waals surface area contributed by atoms with Gasteiger partial charge in [0, 0.05) is 32.2 Å². The zero-order valence-electron chi connectivity index (χ0n) is 22.2. The molecule has 2 heterocycles. The van der Waals surface area contributed by atoms with Crippen molar-refractivity contribution < 1.29 is 28.5 Å². The summed E-state index contributed by atoms with van der Waals surface area (Å²) >= 11 is 0. The van der Waals surface area contributed by atoms with Crippen molar-refractivity contribution in [2.75, 3.05) is 39.8 Å². The Morgan fingerprint density at radius 1 is 0.974 bits per heavy atom. The molecule has 1 saturated heterocycles. The maximum absolute atomic E-state index is 13.5. The monoisotopic (exact) mass is 540 g/mol. The van der Waals surface area contributed by atoms with Crippen LogP contribution in [-0.2, 0) is 27.4 Å². The van der Waals surface area contributed by atoms with Crippen LogP contribution < -0.4 is 36.1 Å². The molecular formula is C27H32N4O8. The largest absolute Gasteiger partial charge is 0.495 e. The number of nitrogens with one attached hydrogen (secondary N) is 2. The fourth-order valence-electron chi connectivity index (χ4n) is 4.51. The number of aromatic nitrogens is 2. The SMILES string of the molecule is COc1ccccc1NC(=O)Cn1c(=O)n(CCC(=O)NC[C@H]2CCCO2)c(=O)c2cc(OC)c(OC)cc21. The molecule has 4 rings (SSSR count). The number of hydrogen-bond acceptors (Lipinski definition) is 8. The Balaban J connectivity index is 1.67. The van der Waals surface area contributed by atoms with E-state index in [0.29, 0.717) is 24.6 Å². The molecule has 0 radical (unpaired) electrons. The third-order valence-electron chi connectivity index (χ3n) is 6.53. The molecule has 208 valence electrons. The molecule has 0 spiro atoms. The molecule has 2 N–H and O–H groups in total. The zero-order chi connectivity index (χ0) is 27.9. The highest BCUT2D eigenvalue weighted by Gasteiger charge is 2.21. The van der Waals surface area contributed by atoms with Crippen LogP contribution in [0.2, 0.25) is 0 Å². The second-order valence-corrected chi connectivity index (χ2v) is 8.99. The molecule has 1 aliphatic rings. The minimum Gasteiger partial charge on any atom is -0.495 e. The van der Waals surface area contributed by atoms with E-state index in [1.165, 1.54) is 38.0 Å².